The first-order valence-electron chi connectivity index (χ1n) is 16.7. The first-order valence-corrected chi connectivity index (χ1v) is 16.7. The van der Waals surface area contributed by atoms with Crippen molar-refractivity contribution >= 4 is 41.5 Å². The molecule has 1 fully saturated rings. The lowest BCUT2D eigenvalue weighted by molar-refractivity contribution is -0.144. The predicted octanol–water partition coefficient (Wildman–Crippen LogP) is -2.05. The molecule has 1 aliphatic rings. The minimum atomic E-state index is -1.21. The number of aliphatic imine (C=N–C) groups is 2. The van der Waals surface area contributed by atoms with Gasteiger partial charge in [0.2, 0.25) is 23.6 Å². The number of amides is 4. The number of phenolic OH excluding ortho intramolecular Hbond substituents is 1. The second kappa shape index (κ2) is 20.4. The lowest BCUT2D eigenvalue weighted by Gasteiger charge is -2.30. The molecule has 0 unspecified atom stereocenters. The molecule has 18 nitrogen and oxygen atoms in total. The molecule has 0 radical (unpaired) electrons. The highest BCUT2D eigenvalue weighted by atomic mass is 16.4. The maximum atomic E-state index is 13.9. The molecule has 1 aromatic carbocycles. The lowest BCUT2D eigenvalue weighted by Crippen LogP contribution is -2.58. The summed E-state index contributed by atoms with van der Waals surface area (Å²) in [4.78, 5) is 75.4. The summed E-state index contributed by atoms with van der Waals surface area (Å²) >= 11 is 0. The van der Waals surface area contributed by atoms with Gasteiger partial charge in [-0.2, -0.15) is 0 Å². The Kier molecular flexibility index (Phi) is 16.7. The molecular weight excluding hydrogens is 650 g/mol. The number of carbonyl (C=O) groups is 5. The number of aliphatic carboxylic acids is 1. The fraction of sp³-hybridized carbons (Fsp3) is 0.594. The third kappa shape index (κ3) is 13.4. The van der Waals surface area contributed by atoms with Gasteiger partial charge in [0, 0.05) is 26.1 Å². The van der Waals surface area contributed by atoms with E-state index in [9.17, 15) is 34.2 Å². The number of nitrogens with two attached hydrogens (primary N) is 5. The van der Waals surface area contributed by atoms with Crippen molar-refractivity contribution in [3.8, 4) is 5.75 Å². The molecule has 0 spiro atoms. The molecule has 0 saturated carbocycles. The first kappa shape index (κ1) is 41.0. The third-order valence-electron chi connectivity index (χ3n) is 8.49. The van der Waals surface area contributed by atoms with Gasteiger partial charge in [0.15, 0.2) is 11.9 Å². The summed E-state index contributed by atoms with van der Waals surface area (Å²) in [6.07, 6.45) is 2.37. The molecule has 1 heterocycles. The maximum absolute atomic E-state index is 13.9. The minimum Gasteiger partial charge on any atom is -0.508 e. The smallest absolute Gasteiger partial charge is 0.326 e. The summed E-state index contributed by atoms with van der Waals surface area (Å²) in [5.74, 6) is -4.23. The number of aromatic hydroxyl groups is 1. The number of guanidine groups is 2. The van der Waals surface area contributed by atoms with Crippen LogP contribution in [0, 0.1) is 5.92 Å². The van der Waals surface area contributed by atoms with Crippen LogP contribution in [0.2, 0.25) is 0 Å². The number of hydrogen-bond acceptors (Lipinski definition) is 9. The molecule has 2 rings (SSSR count). The zero-order valence-corrected chi connectivity index (χ0v) is 28.7. The van der Waals surface area contributed by atoms with E-state index < -0.39 is 65.7 Å². The molecule has 0 aromatic heterocycles. The number of nitrogens with zero attached hydrogens (tertiary/aromatic N) is 3. The van der Waals surface area contributed by atoms with Crippen LogP contribution in [0.1, 0.15) is 64.4 Å². The van der Waals surface area contributed by atoms with Crippen LogP contribution in [0.5, 0.6) is 5.75 Å². The Morgan fingerprint density at radius 1 is 0.900 bits per heavy atom. The summed E-state index contributed by atoms with van der Waals surface area (Å²) in [5, 5.41) is 27.5. The standard InChI is InChI=1S/C32H53N11O7/c1-3-18(2)25(30(49)50)42-27(46)23(17-19-10-12-20(44)13-11-19)41-28(47)24-9-6-16-43(24)29(48)22(8-5-15-39-32(36)37)40-26(45)21(33)7-4-14-38-31(34)35/h10-13,18,21-25,44H,3-9,14-17,33H2,1-2H3,(H,40,45)(H,41,47)(H,42,46)(H,49,50)(H4,34,35,38)(H4,36,37,39)/t18-,21-,22-,23-,24-,25-/m0/s1. The monoisotopic (exact) mass is 703 g/mol. The molecule has 18 heteroatoms. The Hall–Kier alpha value is -5.13. The number of carboxylic acids is 1. The summed E-state index contributed by atoms with van der Waals surface area (Å²) in [6, 6.07) is 0.624. The van der Waals surface area contributed by atoms with Gasteiger partial charge in [-0.1, -0.05) is 32.4 Å². The number of carbonyl (C=O) groups excluding carboxylic acids is 4. The molecule has 6 atom stereocenters. The van der Waals surface area contributed by atoms with Gasteiger partial charge in [-0.25, -0.2) is 4.79 Å². The van der Waals surface area contributed by atoms with E-state index >= 15 is 0 Å². The van der Waals surface area contributed by atoms with Gasteiger partial charge in [-0.05, 0) is 62.1 Å². The van der Waals surface area contributed by atoms with Gasteiger partial charge >= 0.3 is 5.97 Å². The fourth-order valence-electron chi connectivity index (χ4n) is 5.48. The van der Waals surface area contributed by atoms with Crippen molar-refractivity contribution in [1.29, 1.82) is 0 Å². The van der Waals surface area contributed by atoms with Crippen LogP contribution >= 0.6 is 0 Å². The Morgan fingerprint density at radius 3 is 2.06 bits per heavy atom. The molecule has 1 aliphatic heterocycles. The van der Waals surface area contributed by atoms with Gasteiger partial charge in [-0.15, -0.1) is 0 Å². The van der Waals surface area contributed by atoms with Crippen LogP contribution < -0.4 is 44.6 Å². The highest BCUT2D eigenvalue weighted by Gasteiger charge is 2.39. The van der Waals surface area contributed by atoms with Crippen molar-refractivity contribution in [3.63, 3.8) is 0 Å². The molecule has 1 aromatic rings. The average Bonchev–Trinajstić information content (AvgIpc) is 3.56. The van der Waals surface area contributed by atoms with Crippen LogP contribution in [-0.4, -0.2) is 106 Å². The van der Waals surface area contributed by atoms with Crippen LogP contribution in [0.3, 0.4) is 0 Å². The van der Waals surface area contributed by atoms with E-state index in [1.54, 1.807) is 26.0 Å². The van der Waals surface area contributed by atoms with Crippen molar-refractivity contribution in [2.45, 2.75) is 95.4 Å². The highest BCUT2D eigenvalue weighted by Crippen LogP contribution is 2.21. The number of nitrogens with one attached hydrogen (secondary N) is 3. The van der Waals surface area contributed by atoms with E-state index in [-0.39, 0.29) is 63.0 Å². The van der Waals surface area contributed by atoms with Gasteiger partial charge in [-0.3, -0.25) is 29.2 Å². The highest BCUT2D eigenvalue weighted by molar-refractivity contribution is 5.96. The molecule has 15 N–H and O–H groups in total. The number of phenols is 1. The topological polar surface area (TPSA) is 320 Å². The SMILES string of the molecule is CC[C@H](C)[C@H](NC(=O)[C@H](Cc1ccc(O)cc1)NC(=O)[C@@H]1CCCN1C(=O)[C@H](CCCN=C(N)N)NC(=O)[C@@H](N)CCCN=C(N)N)C(=O)O. The number of likely N-dealkylation sites (tertiary alicyclic amines) is 1. The van der Waals surface area contributed by atoms with Crippen molar-refractivity contribution in [2.24, 2.45) is 44.6 Å². The average molecular weight is 704 g/mol. The second-order valence-electron chi connectivity index (χ2n) is 12.4. The van der Waals surface area contributed by atoms with Crippen molar-refractivity contribution < 1.29 is 34.2 Å². The van der Waals surface area contributed by atoms with Gasteiger partial charge < -0.3 is 59.7 Å². The van der Waals surface area contributed by atoms with Gasteiger partial charge in [0.05, 0.1) is 6.04 Å². The number of benzene rings is 1. The van der Waals surface area contributed by atoms with E-state index in [0.717, 1.165) is 0 Å². The summed E-state index contributed by atoms with van der Waals surface area (Å²) in [5.41, 5.74) is 28.2. The normalized spacial score (nSPS) is 16.9. The van der Waals surface area contributed by atoms with Crippen molar-refractivity contribution in [2.75, 3.05) is 19.6 Å². The molecular formula is C32H53N11O7. The molecule has 0 bridgehead atoms. The Bertz CT molecular complexity index is 1360. The van der Waals surface area contributed by atoms with E-state index in [1.165, 1.54) is 17.0 Å². The van der Waals surface area contributed by atoms with Crippen LogP contribution in [0.25, 0.3) is 0 Å². The summed E-state index contributed by atoms with van der Waals surface area (Å²) in [6.45, 7) is 4.17. The zero-order valence-electron chi connectivity index (χ0n) is 28.7. The summed E-state index contributed by atoms with van der Waals surface area (Å²) in [7, 11) is 0. The fourth-order valence-corrected chi connectivity index (χ4v) is 5.48. The number of rotatable bonds is 20. The van der Waals surface area contributed by atoms with Crippen LogP contribution in [-0.2, 0) is 30.4 Å². The van der Waals surface area contributed by atoms with Crippen LogP contribution in [0.4, 0.5) is 0 Å². The third-order valence-corrected chi connectivity index (χ3v) is 8.49. The first-order chi connectivity index (χ1) is 23.6. The Morgan fingerprint density at radius 2 is 1.50 bits per heavy atom. The van der Waals surface area contributed by atoms with Gasteiger partial charge in [0.25, 0.3) is 0 Å². The molecule has 50 heavy (non-hydrogen) atoms. The molecule has 4 amide bonds. The van der Waals surface area contributed by atoms with E-state index in [2.05, 4.69) is 25.9 Å². The molecule has 278 valence electrons. The lowest BCUT2D eigenvalue weighted by atomic mass is 9.98. The zero-order chi connectivity index (χ0) is 37.4. The van der Waals surface area contributed by atoms with E-state index in [4.69, 9.17) is 28.7 Å². The second-order valence-corrected chi connectivity index (χ2v) is 12.4. The maximum Gasteiger partial charge on any atom is 0.326 e. The number of hydrogen-bond donors (Lipinski definition) is 10. The Balaban J connectivity index is 2.27. The number of carboxylic acid groups (broad SMARTS) is 1. The van der Waals surface area contributed by atoms with E-state index in [0.29, 0.717) is 31.2 Å². The van der Waals surface area contributed by atoms with Crippen molar-refractivity contribution in [1.82, 2.24) is 20.9 Å². The molecule has 0 aliphatic carbocycles. The largest absolute Gasteiger partial charge is 0.508 e. The van der Waals surface area contributed by atoms with Crippen molar-refractivity contribution in [3.05, 3.63) is 29.8 Å². The Labute approximate surface area is 291 Å². The molecule has 1 saturated heterocycles. The van der Waals surface area contributed by atoms with Crippen LogP contribution in [0.15, 0.2) is 34.3 Å². The minimum absolute atomic E-state index is 0.00783. The summed E-state index contributed by atoms with van der Waals surface area (Å²) < 4.78 is 0. The quantitative estimate of drug-likeness (QED) is 0.0398. The predicted molar refractivity (Wildman–Crippen MR) is 187 cm³/mol. The van der Waals surface area contributed by atoms with Gasteiger partial charge in [0.1, 0.15) is 29.9 Å². The van der Waals surface area contributed by atoms with E-state index in [1.807, 2.05) is 0 Å².